The number of benzene rings is 2. The van der Waals surface area contributed by atoms with Gasteiger partial charge in [-0.1, -0.05) is 48.0 Å². The van der Waals surface area contributed by atoms with Gasteiger partial charge in [0.1, 0.15) is 4.84 Å². The molecule has 0 aromatic heterocycles. The zero-order valence-corrected chi connectivity index (χ0v) is 14.0. The van der Waals surface area contributed by atoms with E-state index in [2.05, 4.69) is 57.2 Å². The Bertz CT molecular complexity index is 712. The van der Waals surface area contributed by atoms with Gasteiger partial charge in [0.25, 0.3) is 0 Å². The molecule has 2 heteroatoms. The summed E-state index contributed by atoms with van der Waals surface area (Å²) in [6, 6.07) is 14.9. The molecule has 0 aliphatic heterocycles. The molecular formula is C19H18Cl2. The van der Waals surface area contributed by atoms with Crippen LogP contribution in [0.3, 0.4) is 0 Å². The number of rotatable bonds is 2. The summed E-state index contributed by atoms with van der Waals surface area (Å²) in [4.78, 5) is -0.411. The number of hydrogen-bond donors (Lipinski definition) is 0. The monoisotopic (exact) mass is 316 g/mol. The van der Waals surface area contributed by atoms with Crippen molar-refractivity contribution in [3.63, 3.8) is 0 Å². The van der Waals surface area contributed by atoms with Gasteiger partial charge in [0.05, 0.1) is 0 Å². The van der Waals surface area contributed by atoms with Crippen molar-refractivity contribution in [3.05, 3.63) is 64.7 Å². The van der Waals surface area contributed by atoms with E-state index in [9.17, 15) is 0 Å². The van der Waals surface area contributed by atoms with Crippen LogP contribution in [0.5, 0.6) is 0 Å². The highest BCUT2D eigenvalue weighted by molar-refractivity contribution is 6.45. The second-order valence-electron chi connectivity index (χ2n) is 5.70. The zero-order valence-electron chi connectivity index (χ0n) is 12.5. The minimum atomic E-state index is -0.411. The van der Waals surface area contributed by atoms with Crippen molar-refractivity contribution >= 4 is 28.8 Å². The summed E-state index contributed by atoms with van der Waals surface area (Å²) in [5, 5.41) is 0. The van der Waals surface area contributed by atoms with E-state index in [0.29, 0.717) is 0 Å². The van der Waals surface area contributed by atoms with E-state index < -0.39 is 4.84 Å². The lowest BCUT2D eigenvalue weighted by molar-refractivity contribution is 0.875. The lowest BCUT2D eigenvalue weighted by atomic mass is 9.89. The fraction of sp³-hybridized carbons (Fsp3) is 0.263. The van der Waals surface area contributed by atoms with E-state index in [1.165, 1.54) is 39.0 Å². The zero-order chi connectivity index (χ0) is 15.1. The predicted octanol–water partition coefficient (Wildman–Crippen LogP) is 6.36. The molecule has 0 saturated heterocycles. The van der Waals surface area contributed by atoms with E-state index in [1.54, 1.807) is 0 Å². The average molecular weight is 317 g/mol. The van der Waals surface area contributed by atoms with E-state index >= 15 is 0 Å². The molecule has 1 aliphatic rings. The van der Waals surface area contributed by atoms with Crippen LogP contribution in [0.1, 0.15) is 36.5 Å². The molecule has 1 atom stereocenters. The van der Waals surface area contributed by atoms with Crippen molar-refractivity contribution in [1.82, 2.24) is 0 Å². The van der Waals surface area contributed by atoms with Gasteiger partial charge >= 0.3 is 0 Å². The number of aryl methyl sites for hydroxylation is 1. The van der Waals surface area contributed by atoms with Gasteiger partial charge in [-0.2, -0.15) is 0 Å². The number of alkyl halides is 2. The molecular weight excluding hydrogens is 299 g/mol. The highest BCUT2D eigenvalue weighted by Crippen LogP contribution is 2.50. The Hall–Kier alpha value is -1.24. The standard InChI is InChI=1S/C19H18Cl2/c1-11-9-10-15(14-7-5-4-6-8-14)17-12(2)13(3)18(16(11)17)19(20)21/h4-10,18-19H,1-3H3. The van der Waals surface area contributed by atoms with Crippen LogP contribution < -0.4 is 0 Å². The number of fused-ring (bicyclic) bond motifs is 1. The number of halogens is 2. The fourth-order valence-corrected chi connectivity index (χ4v) is 3.98. The summed E-state index contributed by atoms with van der Waals surface area (Å²) in [7, 11) is 0. The van der Waals surface area contributed by atoms with Crippen LogP contribution in [0.4, 0.5) is 0 Å². The molecule has 108 valence electrons. The lowest BCUT2D eigenvalue weighted by Gasteiger charge is -2.19. The first-order valence-electron chi connectivity index (χ1n) is 7.17. The van der Waals surface area contributed by atoms with Crippen LogP contribution in [-0.2, 0) is 0 Å². The molecule has 0 amide bonds. The molecule has 2 aromatic carbocycles. The predicted molar refractivity (Wildman–Crippen MR) is 93.1 cm³/mol. The van der Waals surface area contributed by atoms with Crippen LogP contribution in [0.15, 0.2) is 48.0 Å². The molecule has 1 aliphatic carbocycles. The molecule has 0 radical (unpaired) electrons. The molecule has 2 aromatic rings. The Labute approximate surface area is 136 Å². The largest absolute Gasteiger partial charge is 0.118 e. The van der Waals surface area contributed by atoms with Crippen molar-refractivity contribution in [2.24, 2.45) is 0 Å². The van der Waals surface area contributed by atoms with Gasteiger partial charge in [0, 0.05) is 5.92 Å². The van der Waals surface area contributed by atoms with Crippen molar-refractivity contribution in [2.75, 3.05) is 0 Å². The maximum absolute atomic E-state index is 6.27. The maximum atomic E-state index is 6.27. The van der Waals surface area contributed by atoms with Gasteiger partial charge in [-0.3, -0.25) is 0 Å². The summed E-state index contributed by atoms with van der Waals surface area (Å²) in [5.74, 6) is 0.104. The smallest absolute Gasteiger partial charge is 0.104 e. The Kier molecular flexibility index (Phi) is 3.86. The van der Waals surface area contributed by atoms with Crippen LogP contribution in [0, 0.1) is 6.92 Å². The molecule has 0 spiro atoms. The van der Waals surface area contributed by atoms with Gasteiger partial charge in [-0.15, -0.1) is 23.2 Å². The number of allylic oxidation sites excluding steroid dienone is 2. The Morgan fingerprint density at radius 1 is 0.905 bits per heavy atom. The highest BCUT2D eigenvalue weighted by atomic mass is 35.5. The maximum Gasteiger partial charge on any atom is 0.118 e. The second-order valence-corrected chi connectivity index (χ2v) is 6.87. The van der Waals surface area contributed by atoms with Gasteiger partial charge in [0.15, 0.2) is 0 Å². The Morgan fingerprint density at radius 2 is 1.57 bits per heavy atom. The molecule has 0 saturated carbocycles. The molecule has 21 heavy (non-hydrogen) atoms. The van der Waals surface area contributed by atoms with Gasteiger partial charge in [-0.05, 0) is 54.2 Å². The van der Waals surface area contributed by atoms with Crippen molar-refractivity contribution in [3.8, 4) is 11.1 Å². The molecule has 0 heterocycles. The van der Waals surface area contributed by atoms with Crippen molar-refractivity contribution in [1.29, 1.82) is 0 Å². The van der Waals surface area contributed by atoms with Crippen LogP contribution in [0.25, 0.3) is 16.7 Å². The third kappa shape index (κ3) is 2.31. The summed E-state index contributed by atoms with van der Waals surface area (Å²) in [5.41, 5.74) is 8.97. The molecule has 3 rings (SSSR count). The van der Waals surface area contributed by atoms with Crippen LogP contribution in [0.2, 0.25) is 0 Å². The lowest BCUT2D eigenvalue weighted by Crippen LogP contribution is -2.08. The third-order valence-corrected chi connectivity index (χ3v) is 5.05. The first-order valence-corrected chi connectivity index (χ1v) is 8.04. The van der Waals surface area contributed by atoms with Crippen molar-refractivity contribution < 1.29 is 0 Å². The number of hydrogen-bond acceptors (Lipinski definition) is 0. The highest BCUT2D eigenvalue weighted by Gasteiger charge is 2.34. The van der Waals surface area contributed by atoms with E-state index in [0.717, 1.165) is 0 Å². The summed E-state index contributed by atoms with van der Waals surface area (Å²) in [6.45, 7) is 6.46. The molecule has 0 N–H and O–H groups in total. The minimum Gasteiger partial charge on any atom is -0.104 e. The minimum absolute atomic E-state index is 0.104. The first-order chi connectivity index (χ1) is 10.0. The SMILES string of the molecule is CC1=C(C)C(C(Cl)Cl)c2c(C)ccc(-c3ccccc3)c21. The van der Waals surface area contributed by atoms with Crippen molar-refractivity contribution in [2.45, 2.75) is 31.5 Å². The fourth-order valence-electron chi connectivity index (χ4n) is 3.35. The molecule has 1 unspecified atom stereocenters. The topological polar surface area (TPSA) is 0 Å². The van der Waals surface area contributed by atoms with Crippen LogP contribution in [-0.4, -0.2) is 4.84 Å². The van der Waals surface area contributed by atoms with E-state index in [-0.39, 0.29) is 5.92 Å². The summed E-state index contributed by atoms with van der Waals surface area (Å²) < 4.78 is 0. The second kappa shape index (κ2) is 5.51. The quantitative estimate of drug-likeness (QED) is 0.566. The Morgan fingerprint density at radius 3 is 2.19 bits per heavy atom. The van der Waals surface area contributed by atoms with Crippen LogP contribution >= 0.6 is 23.2 Å². The molecule has 0 bridgehead atoms. The summed E-state index contributed by atoms with van der Waals surface area (Å²) >= 11 is 12.5. The van der Waals surface area contributed by atoms with E-state index in [1.807, 2.05) is 6.07 Å². The third-order valence-electron chi connectivity index (χ3n) is 4.54. The Balaban J connectivity index is 2.30. The molecule has 0 fully saturated rings. The van der Waals surface area contributed by atoms with Gasteiger partial charge in [0.2, 0.25) is 0 Å². The average Bonchev–Trinajstić information content (AvgIpc) is 2.74. The molecule has 0 nitrogen and oxygen atoms in total. The van der Waals surface area contributed by atoms with E-state index in [4.69, 9.17) is 23.2 Å². The normalized spacial score (nSPS) is 17.5. The summed E-state index contributed by atoms with van der Waals surface area (Å²) in [6.07, 6.45) is 0. The van der Waals surface area contributed by atoms with Gasteiger partial charge < -0.3 is 0 Å². The van der Waals surface area contributed by atoms with Gasteiger partial charge in [-0.25, -0.2) is 0 Å². The first kappa shape index (κ1) is 14.7.